The summed E-state index contributed by atoms with van der Waals surface area (Å²) >= 11 is 0. The summed E-state index contributed by atoms with van der Waals surface area (Å²) in [4.78, 5) is 31.1. The monoisotopic (exact) mass is 575 g/mol. The van der Waals surface area contributed by atoms with Crippen LogP contribution in [0.1, 0.15) is 80.6 Å². The fourth-order valence-electron chi connectivity index (χ4n) is 5.05. The van der Waals surface area contributed by atoms with Crippen LogP contribution in [-0.2, 0) is 29.0 Å². The SMILES string of the molecule is CCCCCc1ccc(C(=O)N(CCCOC)CC(=O)N(Cc2cccn2Cc2cccc(OC)c2)C(C)(C)C)cc1. The molecule has 42 heavy (non-hydrogen) atoms. The van der Waals surface area contributed by atoms with Crippen molar-refractivity contribution in [1.82, 2.24) is 14.4 Å². The van der Waals surface area contributed by atoms with Crippen molar-refractivity contribution < 1.29 is 19.1 Å². The molecule has 0 aliphatic carbocycles. The summed E-state index contributed by atoms with van der Waals surface area (Å²) in [6.45, 7) is 10.4. The lowest BCUT2D eigenvalue weighted by atomic mass is 10.0. The minimum Gasteiger partial charge on any atom is -0.497 e. The average molecular weight is 576 g/mol. The van der Waals surface area contributed by atoms with Gasteiger partial charge in [0.05, 0.1) is 13.7 Å². The number of unbranched alkanes of at least 4 members (excludes halogenated alkanes) is 2. The highest BCUT2D eigenvalue weighted by atomic mass is 16.5. The third-order valence-electron chi connectivity index (χ3n) is 7.50. The highest BCUT2D eigenvalue weighted by Crippen LogP contribution is 2.21. The van der Waals surface area contributed by atoms with Crippen LogP contribution in [0.4, 0.5) is 0 Å². The maximum atomic E-state index is 13.9. The number of aryl methyl sites for hydroxylation is 1. The van der Waals surface area contributed by atoms with E-state index in [1.165, 1.54) is 18.4 Å². The number of carbonyl (C=O) groups excluding carboxylic acids is 2. The lowest BCUT2D eigenvalue weighted by molar-refractivity contribution is -0.137. The van der Waals surface area contributed by atoms with Crippen LogP contribution in [0.3, 0.4) is 0 Å². The quantitative estimate of drug-likeness (QED) is 0.181. The van der Waals surface area contributed by atoms with Gasteiger partial charge in [0.25, 0.3) is 5.91 Å². The Kier molecular flexibility index (Phi) is 12.7. The maximum absolute atomic E-state index is 13.9. The fourth-order valence-corrected chi connectivity index (χ4v) is 5.05. The van der Waals surface area contributed by atoms with Gasteiger partial charge >= 0.3 is 0 Å². The summed E-state index contributed by atoms with van der Waals surface area (Å²) in [5, 5.41) is 0. The van der Waals surface area contributed by atoms with E-state index in [2.05, 4.69) is 23.6 Å². The maximum Gasteiger partial charge on any atom is 0.254 e. The molecule has 0 saturated carbocycles. The van der Waals surface area contributed by atoms with Gasteiger partial charge in [0.1, 0.15) is 12.3 Å². The van der Waals surface area contributed by atoms with Crippen LogP contribution < -0.4 is 4.74 Å². The van der Waals surface area contributed by atoms with Crippen molar-refractivity contribution in [3.05, 3.63) is 89.2 Å². The van der Waals surface area contributed by atoms with Gasteiger partial charge in [-0.15, -0.1) is 0 Å². The molecule has 0 N–H and O–H groups in total. The van der Waals surface area contributed by atoms with Gasteiger partial charge in [-0.2, -0.15) is 0 Å². The molecule has 0 spiro atoms. The Labute approximate surface area is 252 Å². The van der Waals surface area contributed by atoms with Crippen LogP contribution in [0.2, 0.25) is 0 Å². The Morgan fingerprint density at radius 2 is 1.67 bits per heavy atom. The van der Waals surface area contributed by atoms with Crippen molar-refractivity contribution in [2.45, 2.75) is 78.4 Å². The molecule has 0 aliphatic rings. The van der Waals surface area contributed by atoms with Crippen molar-refractivity contribution in [3.63, 3.8) is 0 Å². The molecule has 7 heteroatoms. The van der Waals surface area contributed by atoms with E-state index >= 15 is 0 Å². The largest absolute Gasteiger partial charge is 0.497 e. The molecule has 0 aliphatic heterocycles. The van der Waals surface area contributed by atoms with Crippen LogP contribution in [0, 0.1) is 0 Å². The van der Waals surface area contributed by atoms with Crippen LogP contribution in [-0.4, -0.2) is 65.6 Å². The predicted molar refractivity (Wildman–Crippen MR) is 169 cm³/mol. The summed E-state index contributed by atoms with van der Waals surface area (Å²) < 4.78 is 12.8. The van der Waals surface area contributed by atoms with Gasteiger partial charge in [-0.25, -0.2) is 0 Å². The summed E-state index contributed by atoms with van der Waals surface area (Å²) in [6.07, 6.45) is 7.23. The number of rotatable bonds is 16. The molecule has 0 radical (unpaired) electrons. The van der Waals surface area contributed by atoms with Crippen LogP contribution in [0.15, 0.2) is 66.9 Å². The van der Waals surface area contributed by atoms with E-state index in [-0.39, 0.29) is 18.4 Å². The smallest absolute Gasteiger partial charge is 0.254 e. The molecule has 0 saturated heterocycles. The standard InChI is InChI=1S/C35H49N3O4/c1-7-8-9-13-28-17-19-30(20-18-28)34(40)37(22-12-23-41-5)27-33(39)38(35(2,3)4)26-31-15-11-21-36(31)25-29-14-10-16-32(24-29)42-6/h10-11,14-21,24H,7-9,12-13,22-23,25-27H2,1-6H3. The topological polar surface area (TPSA) is 64.0 Å². The first kappa shape index (κ1) is 32.9. The Balaban J connectivity index is 1.77. The second kappa shape index (κ2) is 16.2. The molecule has 2 amide bonds. The number of aromatic nitrogens is 1. The molecule has 3 aromatic rings. The number of hydrogen-bond acceptors (Lipinski definition) is 4. The number of hydrogen-bond donors (Lipinski definition) is 0. The minimum atomic E-state index is -0.441. The molecule has 0 fully saturated rings. The second-order valence-electron chi connectivity index (χ2n) is 11.9. The zero-order valence-corrected chi connectivity index (χ0v) is 26.4. The summed E-state index contributed by atoms with van der Waals surface area (Å²) in [7, 11) is 3.32. The van der Waals surface area contributed by atoms with Crippen molar-refractivity contribution >= 4 is 11.8 Å². The van der Waals surface area contributed by atoms with Crippen molar-refractivity contribution in [2.75, 3.05) is 33.9 Å². The third-order valence-corrected chi connectivity index (χ3v) is 7.50. The lowest BCUT2D eigenvalue weighted by Crippen LogP contribution is -2.50. The Morgan fingerprint density at radius 3 is 2.33 bits per heavy atom. The predicted octanol–water partition coefficient (Wildman–Crippen LogP) is 6.58. The Bertz CT molecular complexity index is 1260. The molecule has 7 nitrogen and oxygen atoms in total. The van der Waals surface area contributed by atoms with Gasteiger partial charge in [0.2, 0.25) is 5.91 Å². The highest BCUT2D eigenvalue weighted by molar-refractivity contribution is 5.96. The lowest BCUT2D eigenvalue weighted by Gasteiger charge is -2.37. The van der Waals surface area contributed by atoms with Crippen LogP contribution in [0.5, 0.6) is 5.75 Å². The normalized spacial score (nSPS) is 11.4. The van der Waals surface area contributed by atoms with E-state index in [4.69, 9.17) is 9.47 Å². The van der Waals surface area contributed by atoms with Gasteiger partial charge in [-0.05, 0) is 87.6 Å². The van der Waals surface area contributed by atoms with Gasteiger partial charge in [0.15, 0.2) is 0 Å². The molecule has 1 heterocycles. The van der Waals surface area contributed by atoms with E-state index in [1.807, 2.05) is 80.4 Å². The minimum absolute atomic E-state index is 0.00859. The number of amides is 2. The summed E-state index contributed by atoms with van der Waals surface area (Å²) in [5.74, 6) is 0.602. The summed E-state index contributed by atoms with van der Waals surface area (Å²) in [6, 6.07) is 19.9. The first-order valence-corrected chi connectivity index (χ1v) is 15.1. The van der Waals surface area contributed by atoms with E-state index in [0.717, 1.165) is 29.8 Å². The average Bonchev–Trinajstić information content (AvgIpc) is 3.41. The van der Waals surface area contributed by atoms with E-state index in [1.54, 1.807) is 19.1 Å². The molecule has 3 rings (SSSR count). The Hall–Kier alpha value is -3.58. The molecule has 0 atom stereocenters. The Morgan fingerprint density at radius 1 is 0.905 bits per heavy atom. The number of carbonyl (C=O) groups is 2. The number of ether oxygens (including phenoxy) is 2. The number of methoxy groups -OCH3 is 2. The van der Waals surface area contributed by atoms with E-state index in [9.17, 15) is 9.59 Å². The van der Waals surface area contributed by atoms with E-state index in [0.29, 0.717) is 38.2 Å². The molecular formula is C35H49N3O4. The molecule has 2 aromatic carbocycles. The molecule has 0 unspecified atom stereocenters. The highest BCUT2D eigenvalue weighted by Gasteiger charge is 2.30. The van der Waals surface area contributed by atoms with Crippen LogP contribution >= 0.6 is 0 Å². The molecule has 1 aromatic heterocycles. The fraction of sp³-hybridized carbons (Fsp3) is 0.486. The number of nitrogens with zero attached hydrogens (tertiary/aromatic N) is 3. The van der Waals surface area contributed by atoms with Crippen molar-refractivity contribution in [2.24, 2.45) is 0 Å². The van der Waals surface area contributed by atoms with Crippen molar-refractivity contribution in [3.8, 4) is 5.75 Å². The zero-order valence-electron chi connectivity index (χ0n) is 26.4. The number of benzene rings is 2. The molecule has 228 valence electrons. The summed E-state index contributed by atoms with van der Waals surface area (Å²) in [5.41, 5.74) is 3.54. The van der Waals surface area contributed by atoms with Gasteiger partial charge in [-0.3, -0.25) is 9.59 Å². The van der Waals surface area contributed by atoms with Gasteiger partial charge < -0.3 is 23.8 Å². The zero-order chi connectivity index (χ0) is 30.5. The third kappa shape index (κ3) is 9.76. The van der Waals surface area contributed by atoms with E-state index < -0.39 is 5.54 Å². The molecule has 0 bridgehead atoms. The first-order chi connectivity index (χ1) is 20.2. The van der Waals surface area contributed by atoms with Gasteiger partial charge in [0, 0.05) is 49.8 Å². The van der Waals surface area contributed by atoms with Crippen molar-refractivity contribution in [1.29, 1.82) is 0 Å². The molecular weight excluding hydrogens is 526 g/mol. The first-order valence-electron chi connectivity index (χ1n) is 15.1. The van der Waals surface area contributed by atoms with Gasteiger partial charge in [-0.1, -0.05) is 44.0 Å². The van der Waals surface area contributed by atoms with Crippen LogP contribution in [0.25, 0.3) is 0 Å². The second-order valence-corrected chi connectivity index (χ2v) is 11.9.